The predicted molar refractivity (Wildman–Crippen MR) is 173 cm³/mol. The standard InChI is InChI=1S/C36H34F6N4O6/c1-20(2)27(31(48)36(41,42)34(51)44-19-35(38,39)40)17-29(47)30(23-10-12-26(52-3)13-11-23)46-33(50)28(16-21-6-5-9-25(37)15-21)45-32(49)24-8-4-7-22(14-24)18-43/h4-15,20,27-28,30H,16-17,19H2,1-3H3,(H,44,51)(H,45,49)(H,46,50)/t27-,28-,30-/m0/s1. The first-order valence-electron chi connectivity index (χ1n) is 15.7. The molecule has 3 rings (SSSR count). The molecule has 3 atom stereocenters. The Hall–Kier alpha value is -5.72. The van der Waals surface area contributed by atoms with E-state index in [9.17, 15) is 55.6 Å². The fourth-order valence-electron chi connectivity index (χ4n) is 5.07. The van der Waals surface area contributed by atoms with Crippen molar-refractivity contribution >= 4 is 29.3 Å². The molecule has 0 aromatic heterocycles. The zero-order valence-electron chi connectivity index (χ0n) is 28.0. The third kappa shape index (κ3) is 11.1. The lowest BCUT2D eigenvalue weighted by molar-refractivity contribution is -0.167. The van der Waals surface area contributed by atoms with Gasteiger partial charge in [0.25, 0.3) is 11.8 Å². The van der Waals surface area contributed by atoms with Crippen LogP contribution in [0.4, 0.5) is 26.3 Å². The van der Waals surface area contributed by atoms with Gasteiger partial charge in [0.2, 0.25) is 11.7 Å². The van der Waals surface area contributed by atoms with E-state index in [-0.39, 0.29) is 28.7 Å². The summed E-state index contributed by atoms with van der Waals surface area (Å²) in [6.45, 7) is 0.446. The van der Waals surface area contributed by atoms with Gasteiger partial charge in [-0.25, -0.2) is 4.39 Å². The molecule has 3 aromatic carbocycles. The molecule has 0 saturated carbocycles. The number of nitrogens with one attached hydrogen (secondary N) is 3. The number of nitrogens with zero attached hydrogens (tertiary/aromatic N) is 1. The van der Waals surface area contributed by atoms with Gasteiger partial charge in [-0.2, -0.15) is 27.2 Å². The van der Waals surface area contributed by atoms with Gasteiger partial charge in [0, 0.05) is 24.3 Å². The van der Waals surface area contributed by atoms with Gasteiger partial charge in [-0.3, -0.25) is 24.0 Å². The molecule has 3 N–H and O–H groups in total. The quantitative estimate of drug-likeness (QED) is 0.138. The molecule has 0 aliphatic heterocycles. The highest BCUT2D eigenvalue weighted by molar-refractivity contribution is 6.09. The van der Waals surface area contributed by atoms with Crippen LogP contribution in [0, 0.1) is 29.0 Å². The van der Waals surface area contributed by atoms with Crippen molar-refractivity contribution in [3.63, 3.8) is 0 Å². The van der Waals surface area contributed by atoms with Gasteiger partial charge in [0.15, 0.2) is 5.78 Å². The monoisotopic (exact) mass is 732 g/mol. The molecule has 0 bridgehead atoms. The van der Waals surface area contributed by atoms with Crippen LogP contribution >= 0.6 is 0 Å². The van der Waals surface area contributed by atoms with Crippen molar-refractivity contribution in [1.29, 1.82) is 5.26 Å². The van der Waals surface area contributed by atoms with Gasteiger partial charge in [0.1, 0.15) is 30.2 Å². The minimum absolute atomic E-state index is 0.00244. The molecule has 0 saturated heterocycles. The Bertz CT molecular complexity index is 1820. The van der Waals surface area contributed by atoms with E-state index < -0.39 is 84.1 Å². The second kappa shape index (κ2) is 17.5. The molecule has 52 heavy (non-hydrogen) atoms. The predicted octanol–water partition coefficient (Wildman–Crippen LogP) is 5.02. The summed E-state index contributed by atoms with van der Waals surface area (Å²) in [6.07, 6.45) is -6.33. The summed E-state index contributed by atoms with van der Waals surface area (Å²) in [6, 6.07) is 14.9. The molecule has 3 amide bonds. The summed E-state index contributed by atoms with van der Waals surface area (Å²) < 4.78 is 86.7. The number of carbonyl (C=O) groups excluding carboxylic acids is 5. The van der Waals surface area contributed by atoms with Crippen LogP contribution in [0.5, 0.6) is 5.75 Å². The average Bonchev–Trinajstić information content (AvgIpc) is 3.10. The van der Waals surface area contributed by atoms with Crippen LogP contribution in [0.25, 0.3) is 0 Å². The molecule has 0 aliphatic rings. The van der Waals surface area contributed by atoms with Crippen LogP contribution in [0.15, 0.2) is 72.8 Å². The number of Topliss-reactive ketones (excluding diaryl/α,β-unsaturated/α-hetero) is 2. The number of ketones is 2. The van der Waals surface area contributed by atoms with Gasteiger partial charge in [0.05, 0.1) is 18.7 Å². The molecule has 0 unspecified atom stereocenters. The molecule has 0 heterocycles. The maximum absolute atomic E-state index is 14.9. The lowest BCUT2D eigenvalue weighted by Gasteiger charge is -2.27. The Balaban J connectivity index is 1.98. The fraction of sp³-hybridized carbons (Fsp3) is 0.333. The van der Waals surface area contributed by atoms with Crippen molar-refractivity contribution in [2.24, 2.45) is 11.8 Å². The van der Waals surface area contributed by atoms with Crippen molar-refractivity contribution in [3.05, 3.63) is 101 Å². The van der Waals surface area contributed by atoms with Crippen molar-refractivity contribution in [2.75, 3.05) is 13.7 Å². The maximum atomic E-state index is 14.9. The third-order valence-corrected chi connectivity index (χ3v) is 7.87. The summed E-state index contributed by atoms with van der Waals surface area (Å²) in [5, 5.41) is 15.2. The Morgan fingerprint density at radius 3 is 2.12 bits per heavy atom. The molecule has 0 radical (unpaired) electrons. The zero-order chi connectivity index (χ0) is 38.8. The van der Waals surface area contributed by atoms with E-state index in [1.807, 2.05) is 6.07 Å². The smallest absolute Gasteiger partial charge is 0.405 e. The molecular formula is C36H34F6N4O6. The zero-order valence-corrected chi connectivity index (χ0v) is 28.0. The highest BCUT2D eigenvalue weighted by atomic mass is 19.4. The summed E-state index contributed by atoms with van der Waals surface area (Å²) in [5.41, 5.74) is 0.482. The van der Waals surface area contributed by atoms with Crippen molar-refractivity contribution in [2.45, 2.75) is 50.9 Å². The summed E-state index contributed by atoms with van der Waals surface area (Å²) in [5.74, 6) is -15.6. The SMILES string of the molecule is COc1ccc([C@H](NC(=O)[C@H](Cc2cccc(F)c2)NC(=O)c2cccc(C#N)c2)C(=O)C[C@H](C(=O)C(F)(F)C(=O)NCC(F)(F)F)C(C)C)cc1. The lowest BCUT2D eigenvalue weighted by Crippen LogP contribution is -2.52. The van der Waals surface area contributed by atoms with Gasteiger partial charge in [-0.1, -0.05) is 44.2 Å². The number of alkyl halides is 5. The number of methoxy groups -OCH3 is 1. The van der Waals surface area contributed by atoms with Crippen LogP contribution < -0.4 is 20.7 Å². The highest BCUT2D eigenvalue weighted by Gasteiger charge is 2.52. The van der Waals surface area contributed by atoms with E-state index in [1.165, 1.54) is 81.6 Å². The van der Waals surface area contributed by atoms with Crippen LogP contribution in [-0.4, -0.2) is 61.1 Å². The van der Waals surface area contributed by atoms with Crippen molar-refractivity contribution in [1.82, 2.24) is 16.0 Å². The highest BCUT2D eigenvalue weighted by Crippen LogP contribution is 2.30. The summed E-state index contributed by atoms with van der Waals surface area (Å²) in [4.78, 5) is 66.0. The van der Waals surface area contributed by atoms with E-state index in [0.717, 1.165) is 17.4 Å². The Labute approximate surface area is 294 Å². The number of hydrogen-bond acceptors (Lipinski definition) is 7. The van der Waals surface area contributed by atoms with Gasteiger partial charge >= 0.3 is 12.1 Å². The number of ether oxygens (including phenoxy) is 1. The minimum Gasteiger partial charge on any atom is -0.497 e. The Morgan fingerprint density at radius 2 is 1.54 bits per heavy atom. The molecule has 16 heteroatoms. The average molecular weight is 733 g/mol. The van der Waals surface area contributed by atoms with Crippen molar-refractivity contribution in [3.8, 4) is 11.8 Å². The fourth-order valence-corrected chi connectivity index (χ4v) is 5.07. The molecule has 0 spiro atoms. The number of benzene rings is 3. The lowest BCUT2D eigenvalue weighted by atomic mass is 9.82. The number of carbonyl (C=O) groups is 5. The molecule has 10 nitrogen and oxygen atoms in total. The van der Waals surface area contributed by atoms with Crippen LogP contribution in [0.3, 0.4) is 0 Å². The Kier molecular flexibility index (Phi) is 13.7. The third-order valence-electron chi connectivity index (χ3n) is 7.87. The summed E-state index contributed by atoms with van der Waals surface area (Å²) in [7, 11) is 1.36. The van der Waals surface area contributed by atoms with Gasteiger partial charge < -0.3 is 20.7 Å². The normalized spacial score (nSPS) is 13.2. The van der Waals surface area contributed by atoms with Crippen LogP contribution in [0.1, 0.15) is 53.4 Å². The maximum Gasteiger partial charge on any atom is 0.405 e. The molecular weight excluding hydrogens is 698 g/mol. The Morgan fingerprint density at radius 1 is 0.885 bits per heavy atom. The van der Waals surface area contributed by atoms with E-state index in [1.54, 1.807) is 0 Å². The first-order chi connectivity index (χ1) is 24.4. The number of hydrogen-bond donors (Lipinski definition) is 3. The van der Waals surface area contributed by atoms with Gasteiger partial charge in [-0.05, 0) is 59.5 Å². The van der Waals surface area contributed by atoms with E-state index in [2.05, 4.69) is 10.6 Å². The first kappa shape index (κ1) is 40.7. The van der Waals surface area contributed by atoms with Crippen LogP contribution in [0.2, 0.25) is 0 Å². The number of rotatable bonds is 16. The van der Waals surface area contributed by atoms with E-state index >= 15 is 0 Å². The number of halogens is 6. The van der Waals surface area contributed by atoms with E-state index in [4.69, 9.17) is 4.74 Å². The molecule has 0 fully saturated rings. The first-order valence-corrected chi connectivity index (χ1v) is 15.7. The van der Waals surface area contributed by atoms with Crippen molar-refractivity contribution < 1.29 is 55.1 Å². The molecule has 0 aliphatic carbocycles. The number of amides is 3. The summed E-state index contributed by atoms with van der Waals surface area (Å²) >= 11 is 0. The molecule has 276 valence electrons. The topological polar surface area (TPSA) is 154 Å². The van der Waals surface area contributed by atoms with Gasteiger partial charge in [-0.15, -0.1) is 0 Å². The number of nitriles is 1. The largest absolute Gasteiger partial charge is 0.497 e. The molecule has 3 aromatic rings. The second-order valence-corrected chi connectivity index (χ2v) is 12.0. The minimum atomic E-state index is -5.04. The second-order valence-electron chi connectivity index (χ2n) is 12.0. The van der Waals surface area contributed by atoms with E-state index in [0.29, 0.717) is 5.75 Å². The van der Waals surface area contributed by atoms with Crippen LogP contribution in [-0.2, 0) is 25.6 Å².